The average Bonchev–Trinajstić information content (AvgIpc) is 2.76. The van der Waals surface area contributed by atoms with E-state index in [1.165, 1.54) is 6.07 Å². The zero-order valence-corrected chi connectivity index (χ0v) is 9.99. The van der Waals surface area contributed by atoms with Crippen molar-refractivity contribution in [3.05, 3.63) is 47.3 Å². The van der Waals surface area contributed by atoms with Crippen LogP contribution >= 0.6 is 11.3 Å². The smallest absolute Gasteiger partial charge is 0.271 e. The van der Waals surface area contributed by atoms with Crippen molar-refractivity contribution in [3.8, 4) is 0 Å². The summed E-state index contributed by atoms with van der Waals surface area (Å²) in [6, 6.07) is 5.60. The molecule has 0 fully saturated rings. The van der Waals surface area contributed by atoms with Crippen molar-refractivity contribution in [1.82, 2.24) is 0 Å². The minimum atomic E-state index is -3.80. The summed E-state index contributed by atoms with van der Waals surface area (Å²) in [4.78, 5) is 0. The molecule has 3 nitrogen and oxygen atoms in total. The number of thiophene rings is 1. The van der Waals surface area contributed by atoms with Crippen molar-refractivity contribution in [2.24, 2.45) is 0 Å². The largest absolute Gasteiger partial charge is 0.276 e. The van der Waals surface area contributed by atoms with Crippen molar-refractivity contribution in [2.45, 2.75) is 4.21 Å². The van der Waals surface area contributed by atoms with E-state index in [1.54, 1.807) is 11.4 Å². The molecular formula is C10H7F2NO2S2. The quantitative estimate of drug-likeness (QED) is 0.936. The summed E-state index contributed by atoms with van der Waals surface area (Å²) in [5, 5.41) is 1.59. The first-order chi connectivity index (χ1) is 7.99. The van der Waals surface area contributed by atoms with E-state index < -0.39 is 21.7 Å². The van der Waals surface area contributed by atoms with Crippen LogP contribution in [-0.2, 0) is 10.0 Å². The van der Waals surface area contributed by atoms with Gasteiger partial charge in [0, 0.05) is 6.07 Å². The highest BCUT2D eigenvalue weighted by Crippen LogP contribution is 2.22. The van der Waals surface area contributed by atoms with Crippen LogP contribution in [0.2, 0.25) is 0 Å². The molecule has 2 aromatic rings. The number of hydrogen-bond donors (Lipinski definition) is 1. The Morgan fingerprint density at radius 3 is 2.53 bits per heavy atom. The van der Waals surface area contributed by atoms with Gasteiger partial charge in [-0.2, -0.15) is 0 Å². The van der Waals surface area contributed by atoms with Crippen LogP contribution in [0.4, 0.5) is 14.5 Å². The highest BCUT2D eigenvalue weighted by molar-refractivity contribution is 7.94. The fourth-order valence-electron chi connectivity index (χ4n) is 1.18. The van der Waals surface area contributed by atoms with E-state index >= 15 is 0 Å². The van der Waals surface area contributed by atoms with Gasteiger partial charge >= 0.3 is 0 Å². The Balaban J connectivity index is 2.33. The van der Waals surface area contributed by atoms with Crippen LogP contribution in [0.25, 0.3) is 0 Å². The molecule has 0 radical (unpaired) electrons. The molecular weight excluding hydrogens is 268 g/mol. The van der Waals surface area contributed by atoms with Gasteiger partial charge in [-0.25, -0.2) is 17.2 Å². The van der Waals surface area contributed by atoms with Crippen LogP contribution in [0.3, 0.4) is 0 Å². The minimum absolute atomic E-state index is 0.0706. The Bertz CT molecular complexity index is 624. The molecule has 0 aliphatic heterocycles. The maximum Gasteiger partial charge on any atom is 0.271 e. The zero-order chi connectivity index (χ0) is 12.5. The fraction of sp³-hybridized carbons (Fsp3) is 0. The van der Waals surface area contributed by atoms with Crippen LogP contribution < -0.4 is 4.72 Å². The van der Waals surface area contributed by atoms with Gasteiger partial charge in [-0.1, -0.05) is 6.07 Å². The first-order valence-corrected chi connectivity index (χ1v) is 6.87. The lowest BCUT2D eigenvalue weighted by Crippen LogP contribution is -2.12. The Labute approximate surface area is 101 Å². The summed E-state index contributed by atoms with van der Waals surface area (Å²) in [6.45, 7) is 0. The Kier molecular flexibility index (Phi) is 3.12. The Hall–Kier alpha value is -1.47. The lowest BCUT2D eigenvalue weighted by Gasteiger charge is -2.06. The van der Waals surface area contributed by atoms with E-state index in [0.717, 1.165) is 23.5 Å². The number of halogens is 2. The minimum Gasteiger partial charge on any atom is -0.276 e. The number of nitrogens with one attached hydrogen (secondary N) is 1. The van der Waals surface area contributed by atoms with Gasteiger partial charge in [-0.05, 0) is 23.6 Å². The van der Waals surface area contributed by atoms with Gasteiger partial charge in [0.2, 0.25) is 0 Å². The van der Waals surface area contributed by atoms with Crippen molar-refractivity contribution in [2.75, 3.05) is 4.72 Å². The van der Waals surface area contributed by atoms with Crippen molar-refractivity contribution in [3.63, 3.8) is 0 Å². The number of hydrogen-bond acceptors (Lipinski definition) is 3. The lowest BCUT2D eigenvalue weighted by atomic mass is 10.3. The third-order valence-electron chi connectivity index (χ3n) is 1.94. The molecule has 0 spiro atoms. The molecule has 0 saturated carbocycles. The molecule has 17 heavy (non-hydrogen) atoms. The molecule has 0 aliphatic carbocycles. The van der Waals surface area contributed by atoms with Gasteiger partial charge in [-0.3, -0.25) is 4.72 Å². The lowest BCUT2D eigenvalue weighted by molar-refractivity contribution is 0.583. The van der Waals surface area contributed by atoms with E-state index in [1.807, 2.05) is 0 Å². The molecule has 1 aromatic heterocycles. The number of benzene rings is 1. The average molecular weight is 275 g/mol. The summed E-state index contributed by atoms with van der Waals surface area (Å²) in [6.07, 6.45) is 0. The molecule has 0 atom stereocenters. The first kappa shape index (κ1) is 12.0. The van der Waals surface area contributed by atoms with E-state index in [9.17, 15) is 17.2 Å². The summed E-state index contributed by atoms with van der Waals surface area (Å²) in [5.74, 6) is -1.72. The second kappa shape index (κ2) is 4.42. The number of sulfonamides is 1. The maximum atomic E-state index is 13.3. The van der Waals surface area contributed by atoms with E-state index in [4.69, 9.17) is 0 Å². The van der Waals surface area contributed by atoms with Gasteiger partial charge in [0.25, 0.3) is 10.0 Å². The van der Waals surface area contributed by atoms with Crippen LogP contribution in [-0.4, -0.2) is 8.42 Å². The molecule has 0 unspecified atom stereocenters. The highest BCUT2D eigenvalue weighted by atomic mass is 32.2. The fourth-order valence-corrected chi connectivity index (χ4v) is 3.24. The third-order valence-corrected chi connectivity index (χ3v) is 4.70. The van der Waals surface area contributed by atoms with Crippen LogP contribution in [0, 0.1) is 11.6 Å². The molecule has 1 aromatic carbocycles. The second-order valence-corrected chi connectivity index (χ2v) is 6.02. The summed E-state index contributed by atoms with van der Waals surface area (Å²) in [7, 11) is -3.80. The van der Waals surface area contributed by atoms with E-state index in [-0.39, 0.29) is 9.90 Å². The third kappa shape index (κ3) is 2.62. The highest BCUT2D eigenvalue weighted by Gasteiger charge is 2.17. The topological polar surface area (TPSA) is 46.2 Å². The predicted molar refractivity (Wildman–Crippen MR) is 61.5 cm³/mol. The molecule has 0 saturated heterocycles. The molecule has 1 N–H and O–H groups in total. The van der Waals surface area contributed by atoms with E-state index in [0.29, 0.717) is 6.07 Å². The van der Waals surface area contributed by atoms with Gasteiger partial charge in [0.1, 0.15) is 15.8 Å². The Morgan fingerprint density at radius 1 is 1.18 bits per heavy atom. The summed E-state index contributed by atoms with van der Waals surface area (Å²) < 4.78 is 51.5. The molecule has 0 amide bonds. The number of anilines is 1. The SMILES string of the molecule is O=S(=O)(Nc1ccc(F)cc1F)c1cccs1. The zero-order valence-electron chi connectivity index (χ0n) is 8.35. The molecule has 1 heterocycles. The first-order valence-electron chi connectivity index (χ1n) is 4.50. The normalized spacial score (nSPS) is 11.4. The summed E-state index contributed by atoms with van der Waals surface area (Å²) in [5.41, 5.74) is -0.278. The van der Waals surface area contributed by atoms with Crippen LogP contribution in [0.1, 0.15) is 0 Å². The van der Waals surface area contributed by atoms with Crippen molar-refractivity contribution in [1.29, 1.82) is 0 Å². The van der Waals surface area contributed by atoms with Crippen molar-refractivity contribution < 1.29 is 17.2 Å². The van der Waals surface area contributed by atoms with Gasteiger partial charge in [0.15, 0.2) is 0 Å². The predicted octanol–water partition coefficient (Wildman–Crippen LogP) is 2.83. The van der Waals surface area contributed by atoms with Gasteiger partial charge in [0.05, 0.1) is 5.69 Å². The van der Waals surface area contributed by atoms with Gasteiger partial charge in [-0.15, -0.1) is 11.3 Å². The second-order valence-electron chi connectivity index (χ2n) is 3.16. The van der Waals surface area contributed by atoms with Crippen LogP contribution in [0.5, 0.6) is 0 Å². The number of rotatable bonds is 3. The monoisotopic (exact) mass is 275 g/mol. The van der Waals surface area contributed by atoms with Crippen molar-refractivity contribution >= 4 is 27.0 Å². The molecule has 7 heteroatoms. The Morgan fingerprint density at radius 2 is 1.94 bits per heavy atom. The molecule has 0 bridgehead atoms. The molecule has 0 aliphatic rings. The van der Waals surface area contributed by atoms with E-state index in [2.05, 4.69) is 4.72 Å². The standard InChI is InChI=1S/C10H7F2NO2S2/c11-7-3-4-9(8(12)6-7)13-17(14,15)10-2-1-5-16-10/h1-6,13H. The summed E-state index contributed by atoms with van der Waals surface area (Å²) >= 11 is 1.01. The molecule has 90 valence electrons. The van der Waals surface area contributed by atoms with Crippen LogP contribution in [0.15, 0.2) is 39.9 Å². The maximum absolute atomic E-state index is 13.3. The molecule has 2 rings (SSSR count). The van der Waals surface area contributed by atoms with Gasteiger partial charge < -0.3 is 0 Å².